The lowest BCUT2D eigenvalue weighted by atomic mass is 9.94. The first kappa shape index (κ1) is 15.0. The number of rotatable bonds is 5. The molecule has 1 aliphatic heterocycles. The lowest BCUT2D eigenvalue weighted by molar-refractivity contribution is -0.132. The second-order valence-electron chi connectivity index (χ2n) is 5.56. The van der Waals surface area contributed by atoms with Crippen LogP contribution in [0.1, 0.15) is 30.4 Å². The minimum absolute atomic E-state index is 0.188. The Morgan fingerprint density at radius 1 is 1.30 bits per heavy atom. The van der Waals surface area contributed by atoms with Crippen molar-refractivity contribution in [2.75, 3.05) is 19.7 Å². The molecule has 0 aromatic heterocycles. The van der Waals surface area contributed by atoms with Crippen molar-refractivity contribution in [3.63, 3.8) is 0 Å². The molecule has 1 aromatic rings. The number of amides is 1. The fraction of sp³-hybridized carbons (Fsp3) is 0.562. The molecule has 1 heterocycles. The van der Waals surface area contributed by atoms with Gasteiger partial charge in [-0.3, -0.25) is 4.79 Å². The lowest BCUT2D eigenvalue weighted by Gasteiger charge is -2.32. The fourth-order valence-corrected chi connectivity index (χ4v) is 2.79. The Morgan fingerprint density at radius 3 is 2.65 bits per heavy atom. The van der Waals surface area contributed by atoms with Gasteiger partial charge in [0.2, 0.25) is 5.91 Å². The van der Waals surface area contributed by atoms with Crippen molar-refractivity contribution in [1.29, 1.82) is 0 Å². The predicted molar refractivity (Wildman–Crippen MR) is 79.0 cm³/mol. The smallest absolute Gasteiger partial charge is 0.226 e. The first-order valence-electron chi connectivity index (χ1n) is 7.39. The SMILES string of the molecule is NCc1ccc(CC(=O)N2CCCC(CCO)C2)cc1. The van der Waals surface area contributed by atoms with E-state index in [9.17, 15) is 4.79 Å². The molecular formula is C16H24N2O2. The van der Waals surface area contributed by atoms with E-state index in [1.54, 1.807) is 0 Å². The summed E-state index contributed by atoms with van der Waals surface area (Å²) < 4.78 is 0. The Balaban J connectivity index is 1.89. The molecule has 0 bridgehead atoms. The summed E-state index contributed by atoms with van der Waals surface area (Å²) in [6.45, 7) is 2.39. The first-order valence-corrected chi connectivity index (χ1v) is 7.39. The molecule has 1 saturated heterocycles. The molecule has 20 heavy (non-hydrogen) atoms. The topological polar surface area (TPSA) is 66.6 Å². The predicted octanol–water partition coefficient (Wildman–Crippen LogP) is 1.31. The molecule has 0 aliphatic carbocycles. The van der Waals surface area contributed by atoms with E-state index in [1.807, 2.05) is 29.2 Å². The zero-order valence-electron chi connectivity index (χ0n) is 11.9. The van der Waals surface area contributed by atoms with Crippen molar-refractivity contribution in [3.05, 3.63) is 35.4 Å². The maximum atomic E-state index is 12.3. The minimum atomic E-state index is 0.188. The summed E-state index contributed by atoms with van der Waals surface area (Å²) in [6.07, 6.45) is 3.42. The Morgan fingerprint density at radius 2 is 2.00 bits per heavy atom. The maximum absolute atomic E-state index is 12.3. The van der Waals surface area contributed by atoms with E-state index in [-0.39, 0.29) is 12.5 Å². The molecule has 0 radical (unpaired) electrons. The second kappa shape index (κ2) is 7.41. The Labute approximate surface area is 120 Å². The molecule has 0 spiro atoms. The van der Waals surface area contributed by atoms with E-state index in [2.05, 4.69) is 0 Å². The molecule has 1 amide bonds. The van der Waals surface area contributed by atoms with Gasteiger partial charge in [-0.1, -0.05) is 24.3 Å². The quantitative estimate of drug-likeness (QED) is 0.852. The van der Waals surface area contributed by atoms with Crippen molar-refractivity contribution in [1.82, 2.24) is 4.90 Å². The van der Waals surface area contributed by atoms with Crippen LogP contribution in [0.15, 0.2) is 24.3 Å². The molecule has 1 unspecified atom stereocenters. The number of carbonyl (C=O) groups excluding carboxylic acids is 1. The highest BCUT2D eigenvalue weighted by Gasteiger charge is 2.23. The second-order valence-corrected chi connectivity index (χ2v) is 5.56. The van der Waals surface area contributed by atoms with Crippen molar-refractivity contribution in [2.45, 2.75) is 32.2 Å². The standard InChI is InChI=1S/C16H24N2O2/c17-11-14-5-3-13(4-6-14)10-16(20)18-8-1-2-15(12-18)7-9-19/h3-6,15,19H,1-2,7-12,17H2. The third kappa shape index (κ3) is 4.05. The summed E-state index contributed by atoms with van der Waals surface area (Å²) in [6, 6.07) is 7.92. The number of aliphatic hydroxyl groups excluding tert-OH is 1. The van der Waals surface area contributed by atoms with Crippen LogP contribution < -0.4 is 5.73 Å². The summed E-state index contributed by atoms with van der Waals surface area (Å²) in [5.41, 5.74) is 7.69. The number of hydrogen-bond donors (Lipinski definition) is 2. The lowest BCUT2D eigenvalue weighted by Crippen LogP contribution is -2.40. The first-order chi connectivity index (χ1) is 9.72. The van der Waals surface area contributed by atoms with Gasteiger partial charge >= 0.3 is 0 Å². The maximum Gasteiger partial charge on any atom is 0.226 e. The number of nitrogens with two attached hydrogens (primary N) is 1. The Kier molecular flexibility index (Phi) is 5.56. The van der Waals surface area contributed by atoms with Crippen LogP contribution in [0.4, 0.5) is 0 Å². The van der Waals surface area contributed by atoms with Crippen LogP contribution in [0, 0.1) is 5.92 Å². The van der Waals surface area contributed by atoms with E-state index in [1.165, 1.54) is 0 Å². The summed E-state index contributed by atoms with van der Waals surface area (Å²) in [4.78, 5) is 14.3. The number of nitrogens with zero attached hydrogens (tertiary/aromatic N) is 1. The Bertz CT molecular complexity index is 429. The van der Waals surface area contributed by atoms with Gasteiger partial charge in [-0.2, -0.15) is 0 Å². The van der Waals surface area contributed by atoms with E-state index in [0.29, 0.717) is 18.9 Å². The summed E-state index contributed by atoms with van der Waals surface area (Å²) in [5, 5.41) is 9.01. The van der Waals surface area contributed by atoms with Crippen LogP contribution in [-0.4, -0.2) is 35.6 Å². The highest BCUT2D eigenvalue weighted by atomic mass is 16.3. The third-order valence-electron chi connectivity index (χ3n) is 4.02. The van der Waals surface area contributed by atoms with Gasteiger partial charge in [0, 0.05) is 26.2 Å². The highest BCUT2D eigenvalue weighted by Crippen LogP contribution is 2.20. The monoisotopic (exact) mass is 276 g/mol. The van der Waals surface area contributed by atoms with Crippen molar-refractivity contribution < 1.29 is 9.90 Å². The van der Waals surface area contributed by atoms with E-state index in [4.69, 9.17) is 10.8 Å². The van der Waals surface area contributed by atoms with E-state index >= 15 is 0 Å². The zero-order valence-corrected chi connectivity index (χ0v) is 11.9. The molecular weight excluding hydrogens is 252 g/mol. The Hall–Kier alpha value is -1.39. The molecule has 1 aromatic carbocycles. The molecule has 1 fully saturated rings. The van der Waals surface area contributed by atoms with Crippen LogP contribution in [0.5, 0.6) is 0 Å². The normalized spacial score (nSPS) is 19.1. The van der Waals surface area contributed by atoms with Gasteiger partial charge < -0.3 is 15.7 Å². The van der Waals surface area contributed by atoms with E-state index < -0.39 is 0 Å². The minimum Gasteiger partial charge on any atom is -0.396 e. The van der Waals surface area contributed by atoms with Gasteiger partial charge in [0.1, 0.15) is 0 Å². The molecule has 110 valence electrons. The molecule has 4 heteroatoms. The summed E-state index contributed by atoms with van der Waals surface area (Å²) in [7, 11) is 0. The number of likely N-dealkylation sites (tertiary alicyclic amines) is 1. The molecule has 4 nitrogen and oxygen atoms in total. The fourth-order valence-electron chi connectivity index (χ4n) is 2.79. The summed E-state index contributed by atoms with van der Waals surface area (Å²) in [5.74, 6) is 0.644. The number of benzene rings is 1. The van der Waals surface area contributed by atoms with Gasteiger partial charge in [0.15, 0.2) is 0 Å². The van der Waals surface area contributed by atoms with Gasteiger partial charge in [0.25, 0.3) is 0 Å². The molecule has 2 rings (SSSR count). The molecule has 1 aliphatic rings. The van der Waals surface area contributed by atoms with Crippen LogP contribution >= 0.6 is 0 Å². The van der Waals surface area contributed by atoms with Crippen molar-refractivity contribution >= 4 is 5.91 Å². The van der Waals surface area contributed by atoms with Crippen LogP contribution in [0.25, 0.3) is 0 Å². The van der Waals surface area contributed by atoms with Gasteiger partial charge in [-0.05, 0) is 36.3 Å². The van der Waals surface area contributed by atoms with Crippen molar-refractivity contribution in [3.8, 4) is 0 Å². The van der Waals surface area contributed by atoms with Crippen molar-refractivity contribution in [2.24, 2.45) is 11.7 Å². The number of carbonyl (C=O) groups is 1. The largest absolute Gasteiger partial charge is 0.396 e. The van der Waals surface area contributed by atoms with E-state index in [0.717, 1.165) is 43.5 Å². The van der Waals surface area contributed by atoms with Crippen LogP contribution in [0.2, 0.25) is 0 Å². The average molecular weight is 276 g/mol. The highest BCUT2D eigenvalue weighted by molar-refractivity contribution is 5.78. The van der Waals surface area contributed by atoms with Gasteiger partial charge in [0.05, 0.1) is 6.42 Å². The summed E-state index contributed by atoms with van der Waals surface area (Å²) >= 11 is 0. The number of piperidine rings is 1. The third-order valence-corrected chi connectivity index (χ3v) is 4.02. The van der Waals surface area contributed by atoms with Crippen LogP contribution in [0.3, 0.4) is 0 Å². The molecule has 0 saturated carbocycles. The van der Waals surface area contributed by atoms with Crippen LogP contribution in [-0.2, 0) is 17.8 Å². The number of aliphatic hydroxyl groups is 1. The zero-order chi connectivity index (χ0) is 14.4. The molecule has 3 N–H and O–H groups in total. The number of hydrogen-bond acceptors (Lipinski definition) is 3. The van der Waals surface area contributed by atoms with Gasteiger partial charge in [-0.15, -0.1) is 0 Å². The van der Waals surface area contributed by atoms with Gasteiger partial charge in [-0.25, -0.2) is 0 Å². The molecule has 1 atom stereocenters. The average Bonchev–Trinajstić information content (AvgIpc) is 2.48.